The van der Waals surface area contributed by atoms with Gasteiger partial charge in [0.2, 0.25) is 0 Å². The van der Waals surface area contributed by atoms with Crippen molar-refractivity contribution in [2.75, 3.05) is 5.32 Å². The fraction of sp³-hybridized carbons (Fsp3) is 0.261. The molecule has 132 valence electrons. The van der Waals surface area contributed by atoms with Crippen molar-refractivity contribution in [3.8, 4) is 5.75 Å². The Labute approximate surface area is 154 Å². The van der Waals surface area contributed by atoms with E-state index in [2.05, 4.69) is 29.6 Å². The molecular formula is C23H23NO2. The summed E-state index contributed by atoms with van der Waals surface area (Å²) in [6, 6.07) is 16.5. The molecule has 0 spiro atoms. The molecule has 1 unspecified atom stereocenters. The van der Waals surface area contributed by atoms with E-state index in [0.29, 0.717) is 0 Å². The summed E-state index contributed by atoms with van der Waals surface area (Å²) in [5, 5.41) is 5.47. The number of rotatable bonds is 4. The van der Waals surface area contributed by atoms with Crippen LogP contribution in [0.4, 0.5) is 5.69 Å². The number of anilines is 1. The number of amides is 1. The Morgan fingerprint density at radius 1 is 1.04 bits per heavy atom. The van der Waals surface area contributed by atoms with Gasteiger partial charge in [0.1, 0.15) is 5.75 Å². The van der Waals surface area contributed by atoms with E-state index in [9.17, 15) is 4.79 Å². The van der Waals surface area contributed by atoms with Crippen LogP contribution in [0.3, 0.4) is 0 Å². The molecule has 3 heteroatoms. The Bertz CT molecular complexity index is 996. The van der Waals surface area contributed by atoms with Gasteiger partial charge in [0.05, 0.1) is 0 Å². The van der Waals surface area contributed by atoms with Gasteiger partial charge in [0.25, 0.3) is 5.91 Å². The molecule has 0 radical (unpaired) electrons. The van der Waals surface area contributed by atoms with Gasteiger partial charge < -0.3 is 10.1 Å². The molecular weight excluding hydrogens is 322 g/mol. The number of hydrogen-bond donors (Lipinski definition) is 1. The molecule has 1 aliphatic rings. The highest BCUT2D eigenvalue weighted by Gasteiger charge is 2.20. The third-order valence-corrected chi connectivity index (χ3v) is 5.15. The molecule has 0 bridgehead atoms. The van der Waals surface area contributed by atoms with Crippen molar-refractivity contribution >= 4 is 22.4 Å². The third kappa shape index (κ3) is 2.94. The van der Waals surface area contributed by atoms with Crippen molar-refractivity contribution in [1.29, 1.82) is 0 Å². The lowest BCUT2D eigenvalue weighted by atomic mass is 10.0. The largest absolute Gasteiger partial charge is 0.481 e. The second-order valence-corrected chi connectivity index (χ2v) is 7.13. The van der Waals surface area contributed by atoms with Gasteiger partial charge in [-0.05, 0) is 73.4 Å². The van der Waals surface area contributed by atoms with Crippen molar-refractivity contribution in [2.24, 2.45) is 0 Å². The normalized spacial score (nSPS) is 13.7. The van der Waals surface area contributed by atoms with Crippen LogP contribution >= 0.6 is 0 Å². The zero-order valence-electron chi connectivity index (χ0n) is 15.4. The molecule has 0 saturated heterocycles. The van der Waals surface area contributed by atoms with E-state index in [-0.39, 0.29) is 5.91 Å². The molecule has 0 saturated carbocycles. The standard InChI is InChI=1S/C23H23NO2/c1-14-7-8-15(2)21(13-14)26-16(3)23(25)24-20-12-11-18-10-9-17-5-4-6-19(20)22(17)18/h4-8,11-13,16H,9-10H2,1-3H3,(H,24,25). The number of carbonyl (C=O) groups is 1. The third-order valence-electron chi connectivity index (χ3n) is 5.15. The van der Waals surface area contributed by atoms with E-state index >= 15 is 0 Å². The zero-order chi connectivity index (χ0) is 18.3. The van der Waals surface area contributed by atoms with Crippen LogP contribution in [0, 0.1) is 13.8 Å². The van der Waals surface area contributed by atoms with Gasteiger partial charge >= 0.3 is 0 Å². The Kier molecular flexibility index (Phi) is 4.15. The Morgan fingerprint density at radius 3 is 2.62 bits per heavy atom. The molecule has 0 aromatic heterocycles. The van der Waals surface area contributed by atoms with Crippen molar-refractivity contribution in [3.63, 3.8) is 0 Å². The lowest BCUT2D eigenvalue weighted by Crippen LogP contribution is -2.30. The molecule has 3 nitrogen and oxygen atoms in total. The van der Waals surface area contributed by atoms with Crippen molar-refractivity contribution < 1.29 is 9.53 Å². The topological polar surface area (TPSA) is 38.3 Å². The highest BCUT2D eigenvalue weighted by Crippen LogP contribution is 2.35. The molecule has 0 heterocycles. The first kappa shape index (κ1) is 16.6. The summed E-state index contributed by atoms with van der Waals surface area (Å²) in [5.74, 6) is 0.623. The second kappa shape index (κ2) is 6.49. The molecule has 4 rings (SSSR count). The number of ether oxygens (including phenoxy) is 1. The number of aryl methyl sites for hydroxylation is 4. The summed E-state index contributed by atoms with van der Waals surface area (Å²) < 4.78 is 5.92. The fourth-order valence-corrected chi connectivity index (χ4v) is 3.67. The second-order valence-electron chi connectivity index (χ2n) is 7.13. The summed E-state index contributed by atoms with van der Waals surface area (Å²) in [4.78, 5) is 12.7. The van der Waals surface area contributed by atoms with Crippen LogP contribution in [0.25, 0.3) is 10.8 Å². The Balaban J connectivity index is 1.57. The smallest absolute Gasteiger partial charge is 0.265 e. The summed E-state index contributed by atoms with van der Waals surface area (Å²) in [7, 11) is 0. The predicted octanol–water partition coefficient (Wildman–Crippen LogP) is 4.96. The fourth-order valence-electron chi connectivity index (χ4n) is 3.67. The first-order chi connectivity index (χ1) is 12.5. The van der Waals surface area contributed by atoms with Gasteiger partial charge in [-0.25, -0.2) is 0 Å². The van der Waals surface area contributed by atoms with Crippen molar-refractivity contribution in [2.45, 2.75) is 39.7 Å². The van der Waals surface area contributed by atoms with E-state index in [0.717, 1.165) is 40.8 Å². The van der Waals surface area contributed by atoms with Crippen LogP contribution < -0.4 is 10.1 Å². The van der Waals surface area contributed by atoms with Gasteiger partial charge in [-0.2, -0.15) is 0 Å². The zero-order valence-corrected chi connectivity index (χ0v) is 15.4. The minimum atomic E-state index is -0.571. The summed E-state index contributed by atoms with van der Waals surface area (Å²) in [5.41, 5.74) is 5.74. The number of nitrogens with one attached hydrogen (secondary N) is 1. The Morgan fingerprint density at radius 2 is 1.81 bits per heavy atom. The minimum absolute atomic E-state index is 0.135. The minimum Gasteiger partial charge on any atom is -0.481 e. The monoisotopic (exact) mass is 345 g/mol. The van der Waals surface area contributed by atoms with Crippen LogP contribution in [-0.4, -0.2) is 12.0 Å². The maximum absolute atomic E-state index is 12.7. The highest BCUT2D eigenvalue weighted by atomic mass is 16.5. The van der Waals surface area contributed by atoms with Crippen LogP contribution in [0.2, 0.25) is 0 Å². The summed E-state index contributed by atoms with van der Waals surface area (Å²) >= 11 is 0. The van der Waals surface area contributed by atoms with E-state index in [4.69, 9.17) is 4.74 Å². The lowest BCUT2D eigenvalue weighted by Gasteiger charge is -2.18. The number of carbonyl (C=O) groups excluding carboxylic acids is 1. The molecule has 0 fully saturated rings. The van der Waals surface area contributed by atoms with Crippen LogP contribution in [0.1, 0.15) is 29.2 Å². The maximum atomic E-state index is 12.7. The molecule has 26 heavy (non-hydrogen) atoms. The molecule has 3 aromatic carbocycles. The Hall–Kier alpha value is -2.81. The molecule has 1 amide bonds. The first-order valence-corrected chi connectivity index (χ1v) is 9.11. The SMILES string of the molecule is Cc1ccc(C)c(OC(C)C(=O)Nc2ccc3c4c(cccc24)CC3)c1. The van der Waals surface area contributed by atoms with Gasteiger partial charge in [-0.3, -0.25) is 4.79 Å². The van der Waals surface area contributed by atoms with E-state index in [1.165, 1.54) is 16.5 Å². The average molecular weight is 345 g/mol. The number of benzene rings is 3. The molecule has 1 atom stereocenters. The van der Waals surface area contributed by atoms with E-state index in [1.54, 1.807) is 6.92 Å². The molecule has 1 N–H and O–H groups in total. The first-order valence-electron chi connectivity index (χ1n) is 9.11. The number of hydrogen-bond acceptors (Lipinski definition) is 2. The molecule has 1 aliphatic carbocycles. The maximum Gasteiger partial charge on any atom is 0.265 e. The van der Waals surface area contributed by atoms with Gasteiger partial charge in [0, 0.05) is 11.1 Å². The summed E-state index contributed by atoms with van der Waals surface area (Å²) in [6.07, 6.45) is 1.59. The van der Waals surface area contributed by atoms with Crippen molar-refractivity contribution in [3.05, 3.63) is 70.8 Å². The van der Waals surface area contributed by atoms with E-state index < -0.39 is 6.10 Å². The van der Waals surface area contributed by atoms with Crippen LogP contribution in [0.5, 0.6) is 5.75 Å². The van der Waals surface area contributed by atoms with Crippen LogP contribution in [-0.2, 0) is 17.6 Å². The van der Waals surface area contributed by atoms with Gasteiger partial charge in [0.15, 0.2) is 6.10 Å². The van der Waals surface area contributed by atoms with Crippen LogP contribution in [0.15, 0.2) is 48.5 Å². The molecule has 3 aromatic rings. The predicted molar refractivity (Wildman–Crippen MR) is 106 cm³/mol. The van der Waals surface area contributed by atoms with E-state index in [1.807, 2.05) is 38.1 Å². The quantitative estimate of drug-likeness (QED) is 0.726. The molecule has 0 aliphatic heterocycles. The summed E-state index contributed by atoms with van der Waals surface area (Å²) in [6.45, 7) is 5.80. The van der Waals surface area contributed by atoms with Crippen molar-refractivity contribution in [1.82, 2.24) is 0 Å². The van der Waals surface area contributed by atoms with Gasteiger partial charge in [-0.1, -0.05) is 36.4 Å². The lowest BCUT2D eigenvalue weighted by molar-refractivity contribution is -0.122. The average Bonchev–Trinajstić information content (AvgIpc) is 3.05. The van der Waals surface area contributed by atoms with Gasteiger partial charge in [-0.15, -0.1) is 0 Å². The highest BCUT2D eigenvalue weighted by molar-refractivity contribution is 6.06.